The molecule has 21 heavy (non-hydrogen) atoms. The van der Waals surface area contributed by atoms with Crippen molar-refractivity contribution >= 4 is 0 Å². The SMILES string of the molecule is COC(C)(C)CCOC(C)(C)CN(CCCO)CCCO. The van der Waals surface area contributed by atoms with Crippen LogP contribution in [0.3, 0.4) is 0 Å². The zero-order valence-corrected chi connectivity index (χ0v) is 14.5. The summed E-state index contributed by atoms with van der Waals surface area (Å²) in [5.74, 6) is 0. The van der Waals surface area contributed by atoms with Gasteiger partial charge >= 0.3 is 0 Å². The predicted molar refractivity (Wildman–Crippen MR) is 85.6 cm³/mol. The number of aliphatic hydroxyl groups excluding tert-OH is 2. The van der Waals surface area contributed by atoms with Crippen molar-refractivity contribution in [3.63, 3.8) is 0 Å². The second-order valence-corrected chi connectivity index (χ2v) is 6.75. The molecule has 0 aromatic carbocycles. The largest absolute Gasteiger partial charge is 0.396 e. The summed E-state index contributed by atoms with van der Waals surface area (Å²) in [6.07, 6.45) is 2.34. The topological polar surface area (TPSA) is 62.2 Å². The first-order valence-electron chi connectivity index (χ1n) is 7.89. The maximum absolute atomic E-state index is 8.98. The van der Waals surface area contributed by atoms with E-state index in [2.05, 4.69) is 32.6 Å². The molecular weight excluding hydrogens is 270 g/mol. The summed E-state index contributed by atoms with van der Waals surface area (Å²) in [6, 6.07) is 0. The maximum Gasteiger partial charge on any atom is 0.0752 e. The molecule has 128 valence electrons. The molecule has 0 bridgehead atoms. The van der Waals surface area contributed by atoms with Gasteiger partial charge in [0, 0.05) is 40.0 Å². The molecule has 0 radical (unpaired) electrons. The fourth-order valence-electron chi connectivity index (χ4n) is 2.12. The second kappa shape index (κ2) is 10.5. The van der Waals surface area contributed by atoms with Crippen LogP contribution < -0.4 is 0 Å². The van der Waals surface area contributed by atoms with Crippen LogP contribution in [0, 0.1) is 0 Å². The Kier molecular flexibility index (Phi) is 10.4. The molecule has 0 aromatic rings. The molecule has 0 fully saturated rings. The molecule has 0 aliphatic rings. The molecule has 0 rings (SSSR count). The maximum atomic E-state index is 8.98. The molecule has 0 spiro atoms. The lowest BCUT2D eigenvalue weighted by Crippen LogP contribution is -2.42. The van der Waals surface area contributed by atoms with Crippen LogP contribution in [0.15, 0.2) is 0 Å². The monoisotopic (exact) mass is 305 g/mol. The third-order valence-corrected chi connectivity index (χ3v) is 3.62. The molecule has 0 heterocycles. The van der Waals surface area contributed by atoms with E-state index in [4.69, 9.17) is 19.7 Å². The summed E-state index contributed by atoms with van der Waals surface area (Å²) in [5.41, 5.74) is -0.418. The van der Waals surface area contributed by atoms with Gasteiger partial charge in [0.1, 0.15) is 0 Å². The Morgan fingerprint density at radius 3 is 1.86 bits per heavy atom. The highest BCUT2D eigenvalue weighted by Crippen LogP contribution is 2.17. The van der Waals surface area contributed by atoms with E-state index >= 15 is 0 Å². The first kappa shape index (κ1) is 20.8. The lowest BCUT2D eigenvalue weighted by Gasteiger charge is -2.34. The van der Waals surface area contributed by atoms with Crippen LogP contribution in [0.1, 0.15) is 47.0 Å². The van der Waals surface area contributed by atoms with Gasteiger partial charge in [0.05, 0.1) is 17.8 Å². The highest BCUT2D eigenvalue weighted by molar-refractivity contribution is 4.76. The highest BCUT2D eigenvalue weighted by Gasteiger charge is 2.24. The molecule has 0 atom stereocenters. The molecule has 0 unspecified atom stereocenters. The first-order chi connectivity index (χ1) is 9.76. The fourth-order valence-corrected chi connectivity index (χ4v) is 2.12. The quantitative estimate of drug-likeness (QED) is 0.542. The standard InChI is InChI=1S/C16H35NO4/c1-15(2,20-5)8-13-21-16(3,4)14-17(9-6-11-18)10-7-12-19/h18-19H,6-14H2,1-5H3. The summed E-state index contributed by atoms with van der Waals surface area (Å²) in [6.45, 7) is 11.8. The molecule has 5 heteroatoms. The number of methoxy groups -OCH3 is 1. The molecule has 0 aliphatic heterocycles. The van der Waals surface area contributed by atoms with Gasteiger partial charge in [0.2, 0.25) is 0 Å². The van der Waals surface area contributed by atoms with Crippen molar-refractivity contribution in [2.24, 2.45) is 0 Å². The van der Waals surface area contributed by atoms with Crippen molar-refractivity contribution in [2.45, 2.75) is 58.2 Å². The van der Waals surface area contributed by atoms with E-state index in [0.717, 1.165) is 38.9 Å². The molecule has 0 aromatic heterocycles. The third-order valence-electron chi connectivity index (χ3n) is 3.62. The Morgan fingerprint density at radius 1 is 0.905 bits per heavy atom. The van der Waals surface area contributed by atoms with Crippen LogP contribution >= 0.6 is 0 Å². The molecule has 0 saturated carbocycles. The second-order valence-electron chi connectivity index (χ2n) is 6.75. The number of aliphatic hydroxyl groups is 2. The van der Waals surface area contributed by atoms with Gasteiger partial charge in [-0.1, -0.05) is 0 Å². The summed E-state index contributed by atoms with van der Waals surface area (Å²) >= 11 is 0. The molecule has 5 nitrogen and oxygen atoms in total. The van der Waals surface area contributed by atoms with Crippen molar-refractivity contribution in [1.82, 2.24) is 4.90 Å². The minimum Gasteiger partial charge on any atom is -0.396 e. The zero-order valence-electron chi connectivity index (χ0n) is 14.5. The van der Waals surface area contributed by atoms with Gasteiger partial charge in [-0.15, -0.1) is 0 Å². The normalized spacial score (nSPS) is 13.1. The van der Waals surface area contributed by atoms with Crippen molar-refractivity contribution in [3.05, 3.63) is 0 Å². The predicted octanol–water partition coefficient (Wildman–Crippen LogP) is 1.66. The molecule has 2 N–H and O–H groups in total. The van der Waals surface area contributed by atoms with E-state index < -0.39 is 0 Å². The number of hydrogen-bond acceptors (Lipinski definition) is 5. The van der Waals surface area contributed by atoms with Crippen LogP contribution in [0.25, 0.3) is 0 Å². The van der Waals surface area contributed by atoms with E-state index in [1.54, 1.807) is 7.11 Å². The number of nitrogens with zero attached hydrogens (tertiary/aromatic N) is 1. The van der Waals surface area contributed by atoms with Gasteiger partial charge in [0.15, 0.2) is 0 Å². The van der Waals surface area contributed by atoms with Gasteiger partial charge < -0.3 is 24.6 Å². The summed E-state index contributed by atoms with van der Waals surface area (Å²) in [5, 5.41) is 18.0. The van der Waals surface area contributed by atoms with E-state index in [0.29, 0.717) is 6.61 Å². The Morgan fingerprint density at radius 2 is 1.43 bits per heavy atom. The van der Waals surface area contributed by atoms with E-state index in [1.165, 1.54) is 0 Å². The summed E-state index contributed by atoms with van der Waals surface area (Å²) in [4.78, 5) is 2.24. The smallest absolute Gasteiger partial charge is 0.0752 e. The minimum atomic E-state index is -0.255. The van der Waals surface area contributed by atoms with Crippen LogP contribution in [-0.2, 0) is 9.47 Å². The van der Waals surface area contributed by atoms with Gasteiger partial charge in [-0.25, -0.2) is 0 Å². The van der Waals surface area contributed by atoms with Crippen LogP contribution in [0.5, 0.6) is 0 Å². The third kappa shape index (κ3) is 11.1. The molecule has 0 saturated heterocycles. The number of rotatable bonds is 13. The van der Waals surface area contributed by atoms with Gasteiger partial charge in [0.25, 0.3) is 0 Å². The number of ether oxygens (including phenoxy) is 2. The lowest BCUT2D eigenvalue weighted by molar-refractivity contribution is -0.0707. The Bertz CT molecular complexity index is 249. The molecule has 0 amide bonds. The Labute approximate surface area is 130 Å². The van der Waals surface area contributed by atoms with Crippen LogP contribution in [0.4, 0.5) is 0 Å². The highest BCUT2D eigenvalue weighted by atomic mass is 16.5. The average Bonchev–Trinajstić information content (AvgIpc) is 2.41. The van der Waals surface area contributed by atoms with Crippen molar-refractivity contribution < 1.29 is 19.7 Å². The molecular formula is C16H35NO4. The van der Waals surface area contributed by atoms with Crippen molar-refractivity contribution in [2.75, 3.05) is 46.6 Å². The first-order valence-corrected chi connectivity index (χ1v) is 7.89. The Balaban J connectivity index is 4.24. The summed E-state index contributed by atoms with van der Waals surface area (Å²) < 4.78 is 11.4. The van der Waals surface area contributed by atoms with Gasteiger partial charge in [-0.2, -0.15) is 0 Å². The number of hydrogen-bond donors (Lipinski definition) is 2. The van der Waals surface area contributed by atoms with Crippen molar-refractivity contribution in [3.8, 4) is 0 Å². The Hall–Kier alpha value is -0.200. The van der Waals surface area contributed by atoms with Gasteiger partial charge in [-0.05, 0) is 47.0 Å². The van der Waals surface area contributed by atoms with E-state index in [-0.39, 0.29) is 24.4 Å². The van der Waals surface area contributed by atoms with Crippen molar-refractivity contribution in [1.29, 1.82) is 0 Å². The van der Waals surface area contributed by atoms with Crippen LogP contribution in [-0.4, -0.2) is 72.9 Å². The summed E-state index contributed by atoms with van der Waals surface area (Å²) in [7, 11) is 1.72. The lowest BCUT2D eigenvalue weighted by atomic mass is 10.1. The fraction of sp³-hybridized carbons (Fsp3) is 1.00. The molecule has 0 aliphatic carbocycles. The van der Waals surface area contributed by atoms with E-state index in [9.17, 15) is 0 Å². The minimum absolute atomic E-state index is 0.163. The zero-order chi connectivity index (χ0) is 16.4. The van der Waals surface area contributed by atoms with Crippen LogP contribution in [0.2, 0.25) is 0 Å². The van der Waals surface area contributed by atoms with Gasteiger partial charge in [-0.3, -0.25) is 0 Å². The average molecular weight is 305 g/mol. The van der Waals surface area contributed by atoms with E-state index in [1.807, 2.05) is 0 Å².